The average Bonchev–Trinajstić information content (AvgIpc) is 2.73. The highest BCUT2D eigenvalue weighted by atomic mass is 16.1. The lowest BCUT2D eigenvalue weighted by Gasteiger charge is -2.39. The summed E-state index contributed by atoms with van der Waals surface area (Å²) in [4.78, 5) is 15.7. The van der Waals surface area contributed by atoms with E-state index in [1.807, 2.05) is 6.07 Å². The van der Waals surface area contributed by atoms with Crippen molar-refractivity contribution in [3.63, 3.8) is 0 Å². The van der Waals surface area contributed by atoms with Crippen LogP contribution in [0, 0.1) is 5.41 Å². The van der Waals surface area contributed by atoms with E-state index in [0.29, 0.717) is 11.7 Å². The summed E-state index contributed by atoms with van der Waals surface area (Å²) in [6, 6.07) is 2.23. The molecule has 0 spiro atoms. The highest BCUT2D eigenvalue weighted by Crippen LogP contribution is 2.36. The van der Waals surface area contributed by atoms with E-state index >= 15 is 0 Å². The summed E-state index contributed by atoms with van der Waals surface area (Å²) in [6.45, 7) is 4.59. The molecule has 0 aliphatic heterocycles. The molecule has 2 aromatic rings. The van der Waals surface area contributed by atoms with Gasteiger partial charge in [-0.15, -0.1) is 0 Å². The first-order valence-corrected chi connectivity index (χ1v) is 6.76. The van der Waals surface area contributed by atoms with Crippen molar-refractivity contribution >= 4 is 11.5 Å². The molecule has 0 aromatic carbocycles. The van der Waals surface area contributed by atoms with E-state index in [-0.39, 0.29) is 11.1 Å². The minimum absolute atomic E-state index is 0.257. The molecule has 1 unspecified atom stereocenters. The second-order valence-electron chi connectivity index (χ2n) is 5.96. The van der Waals surface area contributed by atoms with Crippen molar-refractivity contribution in [3.05, 3.63) is 22.9 Å². The number of H-pyrrole nitrogens is 1. The summed E-state index contributed by atoms with van der Waals surface area (Å²) in [6.07, 6.45) is 6.46. The van der Waals surface area contributed by atoms with Crippen molar-refractivity contribution in [1.82, 2.24) is 19.6 Å². The third-order valence-electron chi connectivity index (χ3n) is 4.14. The molecule has 19 heavy (non-hydrogen) atoms. The van der Waals surface area contributed by atoms with Gasteiger partial charge in [-0.3, -0.25) is 0 Å². The van der Waals surface area contributed by atoms with Gasteiger partial charge in [-0.2, -0.15) is 5.10 Å². The van der Waals surface area contributed by atoms with Gasteiger partial charge < -0.3 is 5.32 Å². The molecule has 1 aliphatic carbocycles. The number of fused-ring (bicyclic) bond motifs is 1. The third kappa shape index (κ3) is 2.22. The van der Waals surface area contributed by atoms with Gasteiger partial charge in [0.2, 0.25) is 0 Å². The number of hydrogen-bond acceptors (Lipinski definition) is 4. The van der Waals surface area contributed by atoms with Crippen LogP contribution in [0.2, 0.25) is 0 Å². The number of anilines is 1. The van der Waals surface area contributed by atoms with Crippen LogP contribution in [0.5, 0.6) is 0 Å². The van der Waals surface area contributed by atoms with Gasteiger partial charge in [-0.1, -0.05) is 26.7 Å². The second-order valence-corrected chi connectivity index (χ2v) is 5.96. The molecule has 1 fully saturated rings. The Morgan fingerprint density at radius 2 is 2.32 bits per heavy atom. The van der Waals surface area contributed by atoms with Crippen LogP contribution in [0.3, 0.4) is 0 Å². The molecule has 0 bridgehead atoms. The highest BCUT2D eigenvalue weighted by Gasteiger charge is 2.32. The Bertz CT molecular complexity index is 642. The lowest BCUT2D eigenvalue weighted by molar-refractivity contribution is 0.216. The quantitative estimate of drug-likeness (QED) is 0.864. The molecule has 1 aliphatic rings. The van der Waals surface area contributed by atoms with E-state index in [2.05, 4.69) is 34.3 Å². The maximum atomic E-state index is 11.4. The zero-order valence-corrected chi connectivity index (χ0v) is 11.3. The van der Waals surface area contributed by atoms with Gasteiger partial charge in [-0.05, 0) is 18.3 Å². The minimum atomic E-state index is -0.257. The molecule has 102 valence electrons. The van der Waals surface area contributed by atoms with Gasteiger partial charge >= 0.3 is 5.69 Å². The predicted octanol–water partition coefficient (Wildman–Crippen LogP) is 1.80. The van der Waals surface area contributed by atoms with Gasteiger partial charge in [0.15, 0.2) is 5.65 Å². The Morgan fingerprint density at radius 3 is 3.11 bits per heavy atom. The smallest absolute Gasteiger partial charge is 0.348 e. The lowest BCUT2D eigenvalue weighted by Crippen LogP contribution is -2.39. The third-order valence-corrected chi connectivity index (χ3v) is 4.14. The summed E-state index contributed by atoms with van der Waals surface area (Å²) in [5.41, 5.74) is 0.611. The van der Waals surface area contributed by atoms with E-state index in [1.165, 1.54) is 30.0 Å². The number of aromatic nitrogens is 4. The van der Waals surface area contributed by atoms with Crippen molar-refractivity contribution in [1.29, 1.82) is 0 Å². The van der Waals surface area contributed by atoms with Crippen molar-refractivity contribution in [2.45, 2.75) is 45.6 Å². The summed E-state index contributed by atoms with van der Waals surface area (Å²) in [7, 11) is 0. The fraction of sp³-hybridized carbons (Fsp3) is 0.615. The van der Waals surface area contributed by atoms with Crippen LogP contribution in [-0.2, 0) is 0 Å². The Morgan fingerprint density at radius 1 is 1.47 bits per heavy atom. The SMILES string of the molecule is CC1(C)CCCCC1Nc1cc2n[nH]c(=O)n2cn1. The lowest BCUT2D eigenvalue weighted by atomic mass is 9.73. The summed E-state index contributed by atoms with van der Waals surface area (Å²) in [5.74, 6) is 0.784. The largest absolute Gasteiger partial charge is 0.367 e. The van der Waals surface area contributed by atoms with Gasteiger partial charge in [0, 0.05) is 12.1 Å². The summed E-state index contributed by atoms with van der Waals surface area (Å²) in [5, 5.41) is 9.86. The monoisotopic (exact) mass is 261 g/mol. The molecular weight excluding hydrogens is 242 g/mol. The number of aromatic amines is 1. The van der Waals surface area contributed by atoms with Gasteiger partial charge in [-0.25, -0.2) is 19.3 Å². The van der Waals surface area contributed by atoms with E-state index in [9.17, 15) is 4.79 Å². The summed E-state index contributed by atoms with van der Waals surface area (Å²) < 4.78 is 1.40. The first-order chi connectivity index (χ1) is 9.06. The van der Waals surface area contributed by atoms with Gasteiger partial charge in [0.05, 0.1) is 0 Å². The van der Waals surface area contributed by atoms with Crippen LogP contribution in [-0.4, -0.2) is 25.6 Å². The molecule has 0 saturated heterocycles. The Kier molecular flexibility index (Phi) is 2.80. The first-order valence-electron chi connectivity index (χ1n) is 6.76. The van der Waals surface area contributed by atoms with Gasteiger partial charge in [0.25, 0.3) is 0 Å². The number of nitrogens with one attached hydrogen (secondary N) is 2. The molecule has 3 rings (SSSR count). The minimum Gasteiger partial charge on any atom is -0.367 e. The van der Waals surface area contributed by atoms with E-state index in [1.54, 1.807) is 0 Å². The average molecular weight is 261 g/mol. The fourth-order valence-electron chi connectivity index (χ4n) is 2.83. The molecular formula is C13H19N5O. The molecule has 0 amide bonds. The van der Waals surface area contributed by atoms with Crippen molar-refractivity contribution in [3.8, 4) is 0 Å². The van der Waals surface area contributed by atoms with Crippen LogP contribution in [0.1, 0.15) is 39.5 Å². The van der Waals surface area contributed by atoms with Crippen LogP contribution in [0.15, 0.2) is 17.2 Å². The van der Waals surface area contributed by atoms with Crippen molar-refractivity contribution in [2.24, 2.45) is 5.41 Å². The second kappa shape index (κ2) is 4.36. The zero-order valence-electron chi connectivity index (χ0n) is 11.3. The molecule has 2 N–H and O–H groups in total. The standard InChI is InChI=1S/C13H19N5O/c1-13(2)6-4-3-5-9(13)15-10-7-11-16-17-12(19)18(11)8-14-10/h7-9,15H,3-6H2,1-2H3,(H,17,19). The fourth-order valence-corrected chi connectivity index (χ4v) is 2.83. The van der Waals surface area contributed by atoms with E-state index < -0.39 is 0 Å². The van der Waals surface area contributed by atoms with Gasteiger partial charge in [0.1, 0.15) is 12.1 Å². The topological polar surface area (TPSA) is 75.1 Å². The van der Waals surface area contributed by atoms with E-state index in [0.717, 1.165) is 12.2 Å². The highest BCUT2D eigenvalue weighted by molar-refractivity contribution is 5.49. The predicted molar refractivity (Wildman–Crippen MR) is 73.3 cm³/mol. The van der Waals surface area contributed by atoms with Crippen LogP contribution in [0.4, 0.5) is 5.82 Å². The van der Waals surface area contributed by atoms with Crippen LogP contribution >= 0.6 is 0 Å². The van der Waals surface area contributed by atoms with Crippen molar-refractivity contribution in [2.75, 3.05) is 5.32 Å². The zero-order chi connectivity index (χ0) is 13.5. The van der Waals surface area contributed by atoms with Crippen LogP contribution < -0.4 is 11.0 Å². The molecule has 6 nitrogen and oxygen atoms in total. The summed E-state index contributed by atoms with van der Waals surface area (Å²) >= 11 is 0. The molecule has 6 heteroatoms. The van der Waals surface area contributed by atoms with E-state index in [4.69, 9.17) is 0 Å². The van der Waals surface area contributed by atoms with Crippen molar-refractivity contribution < 1.29 is 0 Å². The molecule has 0 radical (unpaired) electrons. The maximum Gasteiger partial charge on any atom is 0.348 e. The number of rotatable bonds is 2. The maximum absolute atomic E-state index is 11.4. The molecule has 1 atom stereocenters. The first kappa shape index (κ1) is 12.2. The molecule has 1 saturated carbocycles. The van der Waals surface area contributed by atoms with Crippen LogP contribution in [0.25, 0.3) is 5.65 Å². The normalized spacial score (nSPS) is 22.5. The Labute approximate surface area is 111 Å². The number of hydrogen-bond donors (Lipinski definition) is 2. The molecule has 2 heterocycles. The number of nitrogens with zero attached hydrogens (tertiary/aromatic N) is 3. The Hall–Kier alpha value is -1.85. The molecule has 2 aromatic heterocycles. The Balaban J connectivity index is 1.86.